The molecule has 0 N–H and O–H groups in total. The third-order valence-electron chi connectivity index (χ3n) is 6.62. The second kappa shape index (κ2) is 29.6. The van der Waals surface area contributed by atoms with Gasteiger partial charge in [0.2, 0.25) is 5.91 Å². The van der Waals surface area contributed by atoms with Gasteiger partial charge < -0.3 is 23.8 Å². The zero-order valence-corrected chi connectivity index (χ0v) is 24.9. The van der Waals surface area contributed by atoms with E-state index in [1.165, 1.54) is 96.3 Å². The van der Waals surface area contributed by atoms with Crippen LogP contribution >= 0.6 is 0 Å². The lowest BCUT2D eigenvalue weighted by Crippen LogP contribution is -2.35. The number of hydrogen-bond donors (Lipinski definition) is 0. The molecule has 0 aliphatic heterocycles. The fourth-order valence-corrected chi connectivity index (χ4v) is 4.29. The summed E-state index contributed by atoms with van der Waals surface area (Å²) in [4.78, 5) is 14.4. The Labute approximate surface area is 229 Å². The standard InChI is InChI=1S/C31H61NO5/c1-5-6-7-8-9-10-11-12-13-14-15-16-17-18-19-20-21-32(31(33)30(2)3)22-23-35-26-27-37-29-28-36-25-24-34-4/h2,5-29H2,1,3-4H3. The van der Waals surface area contributed by atoms with Crippen LogP contribution in [-0.4, -0.2) is 77.3 Å². The lowest BCUT2D eigenvalue weighted by Gasteiger charge is -2.23. The van der Waals surface area contributed by atoms with Crippen molar-refractivity contribution >= 4 is 5.91 Å². The number of rotatable bonds is 30. The van der Waals surface area contributed by atoms with E-state index < -0.39 is 0 Å². The first-order valence-electron chi connectivity index (χ1n) is 15.3. The van der Waals surface area contributed by atoms with E-state index in [1.807, 2.05) is 4.90 Å². The van der Waals surface area contributed by atoms with Crippen molar-refractivity contribution in [1.82, 2.24) is 4.90 Å². The fourth-order valence-electron chi connectivity index (χ4n) is 4.29. The molecule has 6 heteroatoms. The predicted molar refractivity (Wildman–Crippen MR) is 155 cm³/mol. The maximum Gasteiger partial charge on any atom is 0.248 e. The van der Waals surface area contributed by atoms with Gasteiger partial charge in [-0.25, -0.2) is 0 Å². The van der Waals surface area contributed by atoms with Crippen LogP contribution in [0.25, 0.3) is 0 Å². The number of hydrogen-bond acceptors (Lipinski definition) is 5. The Hall–Kier alpha value is -0.950. The van der Waals surface area contributed by atoms with Gasteiger partial charge in [-0.2, -0.15) is 0 Å². The minimum atomic E-state index is 0.0361. The number of carbonyl (C=O) groups is 1. The van der Waals surface area contributed by atoms with Crippen LogP contribution in [0.1, 0.15) is 117 Å². The summed E-state index contributed by atoms with van der Waals surface area (Å²) < 4.78 is 21.4. The van der Waals surface area contributed by atoms with Crippen LogP contribution in [-0.2, 0) is 23.7 Å². The quantitative estimate of drug-likeness (QED) is 0.0722. The molecular weight excluding hydrogens is 466 g/mol. The average Bonchev–Trinajstić information content (AvgIpc) is 2.89. The van der Waals surface area contributed by atoms with Gasteiger partial charge in [0, 0.05) is 25.8 Å². The molecule has 0 bridgehead atoms. The van der Waals surface area contributed by atoms with Crippen LogP contribution in [0.4, 0.5) is 0 Å². The topological polar surface area (TPSA) is 57.2 Å². The summed E-state index contributed by atoms with van der Waals surface area (Å²) in [6.45, 7) is 13.1. The Bertz CT molecular complexity index is 500. The lowest BCUT2D eigenvalue weighted by atomic mass is 10.0. The highest BCUT2D eigenvalue weighted by Crippen LogP contribution is 2.14. The molecule has 0 spiro atoms. The SMILES string of the molecule is C=C(C)C(=O)N(CCCCCCCCCCCCCCCCCC)CCOCCOCCOCCOC. The molecule has 0 saturated heterocycles. The number of unbranched alkanes of at least 4 members (excludes halogenated alkanes) is 15. The molecule has 0 aliphatic carbocycles. The highest BCUT2D eigenvalue weighted by molar-refractivity contribution is 5.92. The van der Waals surface area contributed by atoms with Crippen LogP contribution in [0.5, 0.6) is 0 Å². The van der Waals surface area contributed by atoms with Crippen molar-refractivity contribution < 1.29 is 23.7 Å². The molecule has 0 unspecified atom stereocenters. The Balaban J connectivity index is 3.62. The molecule has 6 nitrogen and oxygen atoms in total. The number of nitrogens with zero attached hydrogens (tertiary/aromatic N) is 1. The van der Waals surface area contributed by atoms with Gasteiger partial charge in [0.25, 0.3) is 0 Å². The summed E-state index contributed by atoms with van der Waals surface area (Å²) in [5.74, 6) is 0.0361. The van der Waals surface area contributed by atoms with Gasteiger partial charge in [-0.15, -0.1) is 0 Å². The molecule has 0 aromatic heterocycles. The van der Waals surface area contributed by atoms with E-state index in [9.17, 15) is 4.79 Å². The number of amides is 1. The first kappa shape index (κ1) is 36.0. The van der Waals surface area contributed by atoms with Gasteiger partial charge in [0.15, 0.2) is 0 Å². The summed E-state index contributed by atoms with van der Waals surface area (Å²) in [5.41, 5.74) is 0.591. The third-order valence-corrected chi connectivity index (χ3v) is 6.62. The van der Waals surface area contributed by atoms with Gasteiger partial charge >= 0.3 is 0 Å². The van der Waals surface area contributed by atoms with Crippen LogP contribution in [0.2, 0.25) is 0 Å². The highest BCUT2D eigenvalue weighted by atomic mass is 16.6. The van der Waals surface area contributed by atoms with Crippen molar-refractivity contribution in [1.29, 1.82) is 0 Å². The summed E-state index contributed by atoms with van der Waals surface area (Å²) in [6.07, 6.45) is 21.6. The molecule has 0 aliphatic rings. The smallest absolute Gasteiger partial charge is 0.248 e. The maximum absolute atomic E-state index is 12.5. The second-order valence-electron chi connectivity index (χ2n) is 10.2. The molecule has 0 aromatic carbocycles. The number of carbonyl (C=O) groups excluding carboxylic acids is 1. The largest absolute Gasteiger partial charge is 0.382 e. The highest BCUT2D eigenvalue weighted by Gasteiger charge is 2.13. The van der Waals surface area contributed by atoms with Gasteiger partial charge in [0.1, 0.15) is 0 Å². The lowest BCUT2D eigenvalue weighted by molar-refractivity contribution is -0.128. The van der Waals surface area contributed by atoms with E-state index in [0.29, 0.717) is 58.4 Å². The molecule has 0 radical (unpaired) electrons. The van der Waals surface area contributed by atoms with E-state index in [-0.39, 0.29) is 5.91 Å². The molecule has 0 saturated carbocycles. The van der Waals surface area contributed by atoms with Crippen molar-refractivity contribution in [2.75, 3.05) is 66.4 Å². The average molecular weight is 528 g/mol. The number of methoxy groups -OCH3 is 1. The van der Waals surface area contributed by atoms with Crippen molar-refractivity contribution in [3.8, 4) is 0 Å². The van der Waals surface area contributed by atoms with Gasteiger partial charge in [-0.1, -0.05) is 110 Å². The fraction of sp³-hybridized carbons (Fsp3) is 0.903. The van der Waals surface area contributed by atoms with Crippen molar-refractivity contribution in [3.63, 3.8) is 0 Å². The molecule has 0 heterocycles. The van der Waals surface area contributed by atoms with Crippen LogP contribution in [0.3, 0.4) is 0 Å². The Morgan fingerprint density at radius 3 is 1.35 bits per heavy atom. The molecular formula is C31H61NO5. The van der Waals surface area contributed by atoms with Crippen molar-refractivity contribution in [2.45, 2.75) is 117 Å². The molecule has 1 amide bonds. The zero-order chi connectivity index (χ0) is 27.2. The first-order valence-corrected chi connectivity index (χ1v) is 15.3. The van der Waals surface area contributed by atoms with Crippen LogP contribution in [0, 0.1) is 0 Å². The van der Waals surface area contributed by atoms with Crippen molar-refractivity contribution in [2.24, 2.45) is 0 Å². The van der Waals surface area contributed by atoms with E-state index in [2.05, 4.69) is 13.5 Å². The Morgan fingerprint density at radius 1 is 0.568 bits per heavy atom. The molecule has 220 valence electrons. The van der Waals surface area contributed by atoms with E-state index in [0.717, 1.165) is 13.0 Å². The summed E-state index contributed by atoms with van der Waals surface area (Å²) in [7, 11) is 1.66. The molecule has 0 fully saturated rings. The normalized spacial score (nSPS) is 11.2. The monoisotopic (exact) mass is 527 g/mol. The van der Waals surface area contributed by atoms with E-state index in [4.69, 9.17) is 18.9 Å². The first-order chi connectivity index (χ1) is 18.1. The summed E-state index contributed by atoms with van der Waals surface area (Å²) >= 11 is 0. The summed E-state index contributed by atoms with van der Waals surface area (Å²) in [5, 5.41) is 0. The van der Waals surface area contributed by atoms with Crippen LogP contribution < -0.4 is 0 Å². The van der Waals surface area contributed by atoms with E-state index in [1.54, 1.807) is 14.0 Å². The van der Waals surface area contributed by atoms with Gasteiger partial charge in [0.05, 0.1) is 46.2 Å². The minimum Gasteiger partial charge on any atom is -0.382 e. The minimum absolute atomic E-state index is 0.0361. The molecule has 0 aromatic rings. The van der Waals surface area contributed by atoms with Gasteiger partial charge in [-0.3, -0.25) is 4.79 Å². The number of ether oxygens (including phenoxy) is 4. The molecule has 37 heavy (non-hydrogen) atoms. The second-order valence-corrected chi connectivity index (χ2v) is 10.2. The summed E-state index contributed by atoms with van der Waals surface area (Å²) in [6, 6.07) is 0. The van der Waals surface area contributed by atoms with Gasteiger partial charge in [-0.05, 0) is 13.3 Å². The zero-order valence-electron chi connectivity index (χ0n) is 24.9. The van der Waals surface area contributed by atoms with Crippen molar-refractivity contribution in [3.05, 3.63) is 12.2 Å². The third kappa shape index (κ3) is 26.4. The Kier molecular flexibility index (Phi) is 28.8. The van der Waals surface area contributed by atoms with Crippen LogP contribution in [0.15, 0.2) is 12.2 Å². The molecule has 0 atom stereocenters. The van der Waals surface area contributed by atoms with E-state index >= 15 is 0 Å². The Morgan fingerprint density at radius 2 is 0.946 bits per heavy atom. The maximum atomic E-state index is 12.5. The molecule has 0 rings (SSSR count). The predicted octanol–water partition coefficient (Wildman–Crippen LogP) is 7.35.